The van der Waals surface area contributed by atoms with Gasteiger partial charge in [0.25, 0.3) is 5.91 Å². The Hall–Kier alpha value is -2.70. The lowest BCUT2D eigenvalue weighted by atomic mass is 9.89. The van der Waals surface area contributed by atoms with E-state index in [2.05, 4.69) is 40.0 Å². The smallest absolute Gasteiger partial charge is 0.255 e. The van der Waals surface area contributed by atoms with Gasteiger partial charge in [0.05, 0.1) is 23.4 Å². The van der Waals surface area contributed by atoms with Gasteiger partial charge in [-0.2, -0.15) is 0 Å². The minimum atomic E-state index is -0.194. The quantitative estimate of drug-likeness (QED) is 0.452. The number of H-pyrrole nitrogens is 1. The number of anilines is 1. The molecule has 0 aliphatic carbocycles. The molecule has 2 atom stereocenters. The Bertz CT molecular complexity index is 1050. The number of ether oxygens (including phenoxy) is 1. The number of nitrogens with one attached hydrogen (secondary N) is 3. The van der Waals surface area contributed by atoms with Crippen molar-refractivity contribution in [1.82, 2.24) is 15.6 Å². The fourth-order valence-electron chi connectivity index (χ4n) is 4.25. The van der Waals surface area contributed by atoms with Gasteiger partial charge in [0.2, 0.25) is 0 Å². The van der Waals surface area contributed by atoms with E-state index in [-0.39, 0.29) is 5.91 Å². The van der Waals surface area contributed by atoms with E-state index in [0.717, 1.165) is 25.8 Å². The van der Waals surface area contributed by atoms with E-state index in [1.165, 1.54) is 23.6 Å². The number of hydrogen-bond acceptors (Lipinski definition) is 4. The zero-order valence-electron chi connectivity index (χ0n) is 17.0. The van der Waals surface area contributed by atoms with E-state index in [4.69, 9.17) is 22.1 Å². The molecule has 4 rings (SSSR count). The molecule has 1 aliphatic heterocycles. The van der Waals surface area contributed by atoms with Crippen LogP contribution in [0.25, 0.3) is 10.9 Å². The van der Waals surface area contributed by atoms with Crippen LogP contribution >= 0.6 is 11.6 Å². The first-order chi connectivity index (χ1) is 14.5. The van der Waals surface area contributed by atoms with Crippen molar-refractivity contribution in [3.8, 4) is 5.75 Å². The number of hydrogen-bond donors (Lipinski definition) is 4. The fraction of sp³-hybridized carbons (Fsp3) is 0.348. The van der Waals surface area contributed by atoms with Gasteiger partial charge in [-0.15, -0.1) is 0 Å². The Kier molecular flexibility index (Phi) is 6.16. The molecule has 2 heterocycles. The first-order valence-corrected chi connectivity index (χ1v) is 10.6. The Morgan fingerprint density at radius 2 is 2.17 bits per heavy atom. The number of carbonyl (C=O) groups is 1. The van der Waals surface area contributed by atoms with Gasteiger partial charge in [-0.25, -0.2) is 0 Å². The zero-order chi connectivity index (χ0) is 21.1. The van der Waals surface area contributed by atoms with Crippen molar-refractivity contribution >= 4 is 34.1 Å². The normalized spacial score (nSPS) is 19.0. The second kappa shape index (κ2) is 8.98. The molecule has 1 aliphatic rings. The maximum atomic E-state index is 12.7. The maximum absolute atomic E-state index is 12.7. The summed E-state index contributed by atoms with van der Waals surface area (Å²) in [6.45, 7) is 1.57. The molecule has 0 saturated carbocycles. The number of piperidine rings is 1. The molecule has 3 aromatic rings. The number of benzene rings is 2. The number of halogens is 1. The summed E-state index contributed by atoms with van der Waals surface area (Å²) in [4.78, 5) is 16.1. The third kappa shape index (κ3) is 4.40. The Morgan fingerprint density at radius 1 is 1.33 bits per heavy atom. The second-order valence-electron chi connectivity index (χ2n) is 7.89. The molecule has 1 amide bonds. The number of fused-ring (bicyclic) bond motifs is 1. The van der Waals surface area contributed by atoms with E-state index in [9.17, 15) is 4.79 Å². The van der Waals surface area contributed by atoms with Gasteiger partial charge in [0.15, 0.2) is 0 Å². The van der Waals surface area contributed by atoms with Crippen molar-refractivity contribution in [3.63, 3.8) is 0 Å². The summed E-state index contributed by atoms with van der Waals surface area (Å²) < 4.78 is 5.29. The van der Waals surface area contributed by atoms with E-state index in [1.54, 1.807) is 12.1 Å². The molecule has 6 nitrogen and oxygen atoms in total. The molecule has 5 N–H and O–H groups in total. The summed E-state index contributed by atoms with van der Waals surface area (Å²) in [5.41, 5.74) is 9.10. The fourth-order valence-corrected chi connectivity index (χ4v) is 4.41. The van der Waals surface area contributed by atoms with Crippen LogP contribution in [0.3, 0.4) is 0 Å². The van der Waals surface area contributed by atoms with E-state index < -0.39 is 0 Å². The average Bonchev–Trinajstić information content (AvgIpc) is 3.17. The average molecular weight is 427 g/mol. The number of carbonyl (C=O) groups excluding carboxylic acids is 1. The van der Waals surface area contributed by atoms with Crippen molar-refractivity contribution in [2.75, 3.05) is 25.9 Å². The van der Waals surface area contributed by atoms with Crippen LogP contribution in [0.5, 0.6) is 5.75 Å². The van der Waals surface area contributed by atoms with Gasteiger partial charge in [-0.05, 0) is 49.4 Å². The maximum Gasteiger partial charge on any atom is 0.255 e. The van der Waals surface area contributed by atoms with E-state index >= 15 is 0 Å². The summed E-state index contributed by atoms with van der Waals surface area (Å²) in [5, 5.41) is 8.30. The highest BCUT2D eigenvalue weighted by atomic mass is 35.5. The third-order valence-electron chi connectivity index (χ3n) is 5.86. The number of nitrogen functional groups attached to an aromatic ring is 1. The predicted octanol–water partition coefficient (Wildman–Crippen LogP) is 3.75. The Morgan fingerprint density at radius 3 is 3.00 bits per heavy atom. The molecule has 7 heteroatoms. The van der Waals surface area contributed by atoms with Gasteiger partial charge in [0, 0.05) is 35.8 Å². The molecular weight excluding hydrogens is 400 g/mol. The lowest BCUT2D eigenvalue weighted by molar-refractivity contribution is 0.0939. The van der Waals surface area contributed by atoms with Gasteiger partial charge in [0.1, 0.15) is 5.75 Å². The van der Waals surface area contributed by atoms with Crippen molar-refractivity contribution in [3.05, 3.63) is 58.7 Å². The van der Waals surface area contributed by atoms with E-state index in [1.807, 2.05) is 6.07 Å². The molecular formula is C23H27ClN4O2. The van der Waals surface area contributed by atoms with Gasteiger partial charge >= 0.3 is 0 Å². The van der Waals surface area contributed by atoms with Crippen LogP contribution in [-0.2, 0) is 6.42 Å². The summed E-state index contributed by atoms with van der Waals surface area (Å²) in [5.74, 6) is 0.651. The van der Waals surface area contributed by atoms with Crippen molar-refractivity contribution < 1.29 is 9.53 Å². The highest BCUT2D eigenvalue weighted by Gasteiger charge is 2.24. The SMILES string of the molecule is COc1cc(N)c(Cl)cc1C(=O)NCC1CCNC(Cc2c[nH]c3ccccc23)C1. The number of methoxy groups -OCH3 is 1. The van der Waals surface area contributed by atoms with Crippen molar-refractivity contribution in [2.45, 2.75) is 25.3 Å². The standard InChI is InChI=1S/C23H27ClN4O2/c1-30-22-11-20(25)19(24)10-18(22)23(29)28-12-14-6-7-26-16(8-14)9-15-13-27-21-5-3-2-4-17(15)21/h2-5,10-11,13-14,16,26-27H,6-9,12,25H2,1H3,(H,28,29). The molecule has 158 valence electrons. The number of aromatic amines is 1. The number of rotatable bonds is 6. The molecule has 1 aromatic heterocycles. The van der Waals surface area contributed by atoms with Gasteiger partial charge < -0.3 is 26.1 Å². The molecule has 30 heavy (non-hydrogen) atoms. The number of amides is 1. The summed E-state index contributed by atoms with van der Waals surface area (Å²) in [6, 6.07) is 11.9. The number of para-hydroxylation sites is 1. The lowest BCUT2D eigenvalue weighted by Crippen LogP contribution is -2.43. The first-order valence-electron chi connectivity index (χ1n) is 10.2. The molecule has 0 spiro atoms. The predicted molar refractivity (Wildman–Crippen MR) is 121 cm³/mol. The molecule has 2 aromatic carbocycles. The van der Waals surface area contributed by atoms with Crippen LogP contribution in [-0.4, -0.2) is 37.1 Å². The van der Waals surface area contributed by atoms with Gasteiger partial charge in [-0.3, -0.25) is 4.79 Å². The van der Waals surface area contributed by atoms with Gasteiger partial charge in [-0.1, -0.05) is 29.8 Å². The van der Waals surface area contributed by atoms with Crippen molar-refractivity contribution in [2.24, 2.45) is 5.92 Å². The summed E-state index contributed by atoms with van der Waals surface area (Å²) >= 11 is 6.09. The number of nitrogens with two attached hydrogens (primary N) is 1. The minimum Gasteiger partial charge on any atom is -0.496 e. The van der Waals surface area contributed by atoms with E-state index in [0.29, 0.717) is 40.5 Å². The third-order valence-corrected chi connectivity index (χ3v) is 6.19. The van der Waals surface area contributed by atoms with Crippen LogP contribution in [0.2, 0.25) is 5.02 Å². The Labute approximate surface area is 181 Å². The second-order valence-corrected chi connectivity index (χ2v) is 8.30. The largest absolute Gasteiger partial charge is 0.496 e. The van der Waals surface area contributed by atoms with Crippen LogP contribution < -0.4 is 21.1 Å². The molecule has 0 bridgehead atoms. The van der Waals surface area contributed by atoms with Crippen LogP contribution in [0.1, 0.15) is 28.8 Å². The number of aromatic nitrogens is 1. The highest BCUT2D eigenvalue weighted by Crippen LogP contribution is 2.29. The summed E-state index contributed by atoms with van der Waals surface area (Å²) in [6.07, 6.45) is 5.12. The molecule has 0 radical (unpaired) electrons. The van der Waals surface area contributed by atoms with Crippen LogP contribution in [0.15, 0.2) is 42.6 Å². The van der Waals surface area contributed by atoms with Crippen LogP contribution in [0.4, 0.5) is 5.69 Å². The summed E-state index contributed by atoms with van der Waals surface area (Å²) in [7, 11) is 1.52. The van der Waals surface area contributed by atoms with Crippen LogP contribution in [0, 0.1) is 5.92 Å². The molecule has 1 fully saturated rings. The first kappa shape index (κ1) is 20.6. The highest BCUT2D eigenvalue weighted by molar-refractivity contribution is 6.33. The zero-order valence-corrected chi connectivity index (χ0v) is 17.8. The molecule has 2 unspecified atom stereocenters. The van der Waals surface area contributed by atoms with Crippen molar-refractivity contribution in [1.29, 1.82) is 0 Å². The molecule has 1 saturated heterocycles. The monoisotopic (exact) mass is 426 g/mol. The topological polar surface area (TPSA) is 92.2 Å². The minimum absolute atomic E-state index is 0.194. The Balaban J connectivity index is 1.36. The lowest BCUT2D eigenvalue weighted by Gasteiger charge is -2.30.